The van der Waals surface area contributed by atoms with Gasteiger partial charge in [0.05, 0.1) is 14.2 Å². The van der Waals surface area contributed by atoms with Crippen molar-refractivity contribution in [2.24, 2.45) is 5.14 Å². The van der Waals surface area contributed by atoms with Crippen LogP contribution in [-0.2, 0) is 10.0 Å². The molecule has 1 rings (SSSR count). The number of benzene rings is 1. The van der Waals surface area contributed by atoms with Crippen LogP contribution in [-0.4, -0.2) is 28.8 Å². The average molecular weight is 299 g/mol. The van der Waals surface area contributed by atoms with Gasteiger partial charge in [0, 0.05) is 6.07 Å². The molecule has 0 aliphatic heterocycles. The van der Waals surface area contributed by atoms with Gasteiger partial charge in [-0.3, -0.25) is 0 Å². The highest BCUT2D eigenvalue weighted by Crippen LogP contribution is 2.40. The molecule has 0 saturated carbocycles. The lowest BCUT2D eigenvalue weighted by atomic mass is 10.1. The number of ether oxygens (including phenoxy) is 2. The fraction of sp³-hybridized carbons (Fsp3) is 0.400. The van der Waals surface area contributed by atoms with E-state index in [9.17, 15) is 21.6 Å². The number of hydrogen-bond donors (Lipinski definition) is 1. The molecule has 108 valence electrons. The van der Waals surface area contributed by atoms with Gasteiger partial charge in [0.15, 0.2) is 5.25 Å². The number of methoxy groups -OCH3 is 2. The van der Waals surface area contributed by atoms with E-state index >= 15 is 0 Å². The quantitative estimate of drug-likeness (QED) is 0.916. The second-order valence-corrected chi connectivity index (χ2v) is 5.31. The Morgan fingerprint density at radius 1 is 1.11 bits per heavy atom. The second kappa shape index (κ2) is 5.25. The Kier molecular flexibility index (Phi) is 4.31. The fourth-order valence-corrected chi connectivity index (χ4v) is 2.43. The Morgan fingerprint density at radius 2 is 1.53 bits per heavy atom. The topological polar surface area (TPSA) is 78.6 Å². The van der Waals surface area contributed by atoms with Crippen molar-refractivity contribution in [1.29, 1.82) is 0 Å². The highest BCUT2D eigenvalue weighted by atomic mass is 32.2. The SMILES string of the molecule is COc1cc(OC)cc(C(C(F)(F)F)S(N)(=O)=O)c1. The van der Waals surface area contributed by atoms with Crippen LogP contribution in [0.3, 0.4) is 0 Å². The zero-order valence-electron chi connectivity index (χ0n) is 10.1. The molecule has 0 aromatic heterocycles. The zero-order valence-corrected chi connectivity index (χ0v) is 10.9. The van der Waals surface area contributed by atoms with Gasteiger partial charge < -0.3 is 9.47 Å². The number of nitrogens with two attached hydrogens (primary N) is 1. The van der Waals surface area contributed by atoms with Crippen molar-refractivity contribution in [3.8, 4) is 11.5 Å². The summed E-state index contributed by atoms with van der Waals surface area (Å²) in [6.45, 7) is 0. The van der Waals surface area contributed by atoms with E-state index in [2.05, 4.69) is 5.14 Å². The summed E-state index contributed by atoms with van der Waals surface area (Å²) in [5.41, 5.74) is -0.564. The van der Waals surface area contributed by atoms with E-state index in [-0.39, 0.29) is 11.5 Å². The lowest BCUT2D eigenvalue weighted by Gasteiger charge is -2.19. The van der Waals surface area contributed by atoms with Crippen molar-refractivity contribution < 1.29 is 31.1 Å². The van der Waals surface area contributed by atoms with Crippen LogP contribution < -0.4 is 14.6 Å². The van der Waals surface area contributed by atoms with E-state index in [0.717, 1.165) is 12.1 Å². The maximum Gasteiger partial charge on any atom is 0.410 e. The van der Waals surface area contributed by atoms with Crippen molar-refractivity contribution >= 4 is 10.0 Å². The summed E-state index contributed by atoms with van der Waals surface area (Å²) >= 11 is 0. The number of rotatable bonds is 4. The van der Waals surface area contributed by atoms with Gasteiger partial charge in [-0.25, -0.2) is 13.6 Å². The van der Waals surface area contributed by atoms with Gasteiger partial charge in [0.2, 0.25) is 10.0 Å². The molecule has 0 aliphatic carbocycles. The minimum Gasteiger partial charge on any atom is -0.497 e. The first-order valence-electron chi connectivity index (χ1n) is 4.91. The highest BCUT2D eigenvalue weighted by molar-refractivity contribution is 7.89. The predicted octanol–water partition coefficient (Wildman–Crippen LogP) is 1.60. The Bertz CT molecular complexity index is 534. The number of halogens is 3. The van der Waals surface area contributed by atoms with Crippen LogP contribution in [0, 0.1) is 0 Å². The molecule has 2 N–H and O–H groups in total. The molecular formula is C10H12F3NO4S. The summed E-state index contributed by atoms with van der Waals surface area (Å²) in [6.07, 6.45) is -5.04. The fourth-order valence-electron chi connectivity index (χ4n) is 1.55. The Balaban J connectivity index is 3.47. The predicted molar refractivity (Wildman–Crippen MR) is 61.4 cm³/mol. The van der Waals surface area contributed by atoms with E-state index in [1.54, 1.807) is 0 Å². The molecule has 0 spiro atoms. The lowest BCUT2D eigenvalue weighted by Crippen LogP contribution is -2.33. The largest absolute Gasteiger partial charge is 0.497 e. The Morgan fingerprint density at radius 3 is 1.79 bits per heavy atom. The van der Waals surface area contributed by atoms with Gasteiger partial charge in [-0.2, -0.15) is 13.2 Å². The molecule has 1 aromatic carbocycles. The van der Waals surface area contributed by atoms with Crippen LogP contribution in [0.15, 0.2) is 18.2 Å². The van der Waals surface area contributed by atoms with Crippen LogP contribution in [0.4, 0.5) is 13.2 Å². The monoisotopic (exact) mass is 299 g/mol. The molecule has 5 nitrogen and oxygen atoms in total. The van der Waals surface area contributed by atoms with Gasteiger partial charge in [-0.05, 0) is 17.7 Å². The van der Waals surface area contributed by atoms with E-state index < -0.39 is 27.0 Å². The molecule has 0 fully saturated rings. The smallest absolute Gasteiger partial charge is 0.410 e. The van der Waals surface area contributed by atoms with Crippen molar-refractivity contribution in [2.45, 2.75) is 11.4 Å². The average Bonchev–Trinajstić information content (AvgIpc) is 2.24. The molecule has 1 atom stereocenters. The normalized spacial score (nSPS) is 14.0. The molecule has 0 amide bonds. The molecule has 0 saturated heterocycles. The third-order valence-corrected chi connectivity index (χ3v) is 3.50. The molecule has 9 heteroatoms. The minimum atomic E-state index is -5.04. The molecule has 0 radical (unpaired) electrons. The summed E-state index contributed by atoms with van der Waals surface area (Å²) in [7, 11) is -2.39. The lowest BCUT2D eigenvalue weighted by molar-refractivity contribution is -0.131. The summed E-state index contributed by atoms with van der Waals surface area (Å²) in [4.78, 5) is 0. The first-order valence-corrected chi connectivity index (χ1v) is 6.52. The summed E-state index contributed by atoms with van der Waals surface area (Å²) < 4.78 is 70.4. The van der Waals surface area contributed by atoms with Gasteiger partial charge in [-0.1, -0.05) is 0 Å². The third kappa shape index (κ3) is 3.74. The van der Waals surface area contributed by atoms with Crippen molar-refractivity contribution in [3.63, 3.8) is 0 Å². The van der Waals surface area contributed by atoms with Crippen molar-refractivity contribution in [3.05, 3.63) is 23.8 Å². The summed E-state index contributed by atoms with van der Waals surface area (Å²) in [5.74, 6) is 0.0690. The van der Waals surface area contributed by atoms with Crippen LogP contribution in [0.25, 0.3) is 0 Å². The molecule has 0 heterocycles. The molecule has 1 unspecified atom stereocenters. The first kappa shape index (κ1) is 15.6. The molecule has 0 bridgehead atoms. The number of hydrogen-bond acceptors (Lipinski definition) is 4. The number of sulfonamides is 1. The van der Waals surface area contributed by atoms with Gasteiger partial charge in [0.1, 0.15) is 11.5 Å². The number of alkyl halides is 3. The summed E-state index contributed by atoms with van der Waals surface area (Å²) in [5, 5.41) is 1.82. The third-order valence-electron chi connectivity index (χ3n) is 2.30. The van der Waals surface area contributed by atoms with Gasteiger partial charge in [-0.15, -0.1) is 0 Å². The maximum atomic E-state index is 12.8. The highest BCUT2D eigenvalue weighted by Gasteiger charge is 2.48. The van der Waals surface area contributed by atoms with Gasteiger partial charge >= 0.3 is 6.18 Å². The van der Waals surface area contributed by atoms with E-state index in [4.69, 9.17) is 9.47 Å². The Hall–Kier alpha value is -1.48. The minimum absolute atomic E-state index is 0.0345. The molecule has 19 heavy (non-hydrogen) atoms. The van der Waals surface area contributed by atoms with E-state index in [1.807, 2.05) is 0 Å². The van der Waals surface area contributed by atoms with Crippen LogP contribution in [0.1, 0.15) is 10.8 Å². The standard InChI is InChI=1S/C10H12F3NO4S/c1-17-7-3-6(4-8(5-7)18-2)9(10(11,12)13)19(14,15)16/h3-5,9H,1-2H3,(H2,14,15,16). The zero-order chi connectivity index (χ0) is 14.8. The van der Waals surface area contributed by atoms with Gasteiger partial charge in [0.25, 0.3) is 0 Å². The molecule has 1 aromatic rings. The van der Waals surface area contributed by atoms with E-state index in [0.29, 0.717) is 0 Å². The molecular weight excluding hydrogens is 287 g/mol. The summed E-state index contributed by atoms with van der Waals surface area (Å²) in [6, 6.07) is 3.22. The van der Waals surface area contributed by atoms with Crippen molar-refractivity contribution in [1.82, 2.24) is 0 Å². The van der Waals surface area contributed by atoms with Crippen LogP contribution in [0.5, 0.6) is 11.5 Å². The van der Waals surface area contributed by atoms with Crippen LogP contribution >= 0.6 is 0 Å². The first-order chi connectivity index (χ1) is 8.59. The van der Waals surface area contributed by atoms with E-state index in [1.165, 1.54) is 20.3 Å². The molecule has 0 aliphatic rings. The van der Waals surface area contributed by atoms with Crippen LogP contribution in [0.2, 0.25) is 0 Å². The van der Waals surface area contributed by atoms with Crippen molar-refractivity contribution in [2.75, 3.05) is 14.2 Å². The second-order valence-electron chi connectivity index (χ2n) is 3.66. The maximum absolute atomic E-state index is 12.8. The Labute approximate surface area is 108 Å². The number of primary sulfonamides is 1.